The minimum atomic E-state index is 0.617. The van der Waals surface area contributed by atoms with Gasteiger partial charge in [0.15, 0.2) is 5.96 Å². The van der Waals surface area contributed by atoms with Crippen molar-refractivity contribution in [2.45, 2.75) is 13.0 Å². The normalized spacial score (nSPS) is 11.1. The molecular weight excluding hydrogens is 336 g/mol. The van der Waals surface area contributed by atoms with Gasteiger partial charge in [0.05, 0.1) is 0 Å². The maximum Gasteiger partial charge on any atom is 0.191 e. The first kappa shape index (κ1) is 18.5. The number of guanidine groups is 1. The maximum absolute atomic E-state index is 6.01. The summed E-state index contributed by atoms with van der Waals surface area (Å²) in [7, 11) is 1.77. The van der Waals surface area contributed by atoms with Crippen molar-refractivity contribution in [1.82, 2.24) is 15.6 Å². The molecule has 0 bridgehead atoms. The second-order valence-corrected chi connectivity index (χ2v) is 5.95. The zero-order valence-electron chi connectivity index (χ0n) is 15.4. The molecule has 2 aromatic carbocycles. The van der Waals surface area contributed by atoms with Crippen molar-refractivity contribution >= 4 is 5.96 Å². The molecule has 0 saturated carbocycles. The Balaban J connectivity index is 1.54. The van der Waals surface area contributed by atoms with E-state index in [1.54, 1.807) is 7.05 Å². The summed E-state index contributed by atoms with van der Waals surface area (Å²) in [5.74, 6) is 2.41. The fraction of sp³-hybridized carbons (Fsp3) is 0.182. The Labute approximate surface area is 160 Å². The number of hydrogen-bond donors (Lipinski definition) is 2. The average molecular weight is 360 g/mol. The highest BCUT2D eigenvalue weighted by Crippen LogP contribution is 2.24. The number of nitrogens with one attached hydrogen (secondary N) is 2. The van der Waals surface area contributed by atoms with Crippen LogP contribution < -0.4 is 15.4 Å². The second-order valence-electron chi connectivity index (χ2n) is 5.95. The first-order valence-electron chi connectivity index (χ1n) is 9.00. The third-order valence-corrected chi connectivity index (χ3v) is 4.01. The van der Waals surface area contributed by atoms with E-state index < -0.39 is 0 Å². The minimum absolute atomic E-state index is 0.617. The molecule has 3 rings (SSSR count). The van der Waals surface area contributed by atoms with Crippen molar-refractivity contribution in [2.75, 3.05) is 13.6 Å². The Bertz CT molecular complexity index is 850. The smallest absolute Gasteiger partial charge is 0.191 e. The van der Waals surface area contributed by atoms with Crippen LogP contribution in [0.3, 0.4) is 0 Å². The summed E-state index contributed by atoms with van der Waals surface area (Å²) in [4.78, 5) is 8.61. The SMILES string of the molecule is CN=C(NCCc1ccccn1)NCc1ccccc1Oc1ccccc1. The first-order valence-corrected chi connectivity index (χ1v) is 9.00. The molecule has 0 unspecified atom stereocenters. The van der Waals surface area contributed by atoms with Gasteiger partial charge in [-0.2, -0.15) is 0 Å². The number of aliphatic imine (C=N–C) groups is 1. The van der Waals surface area contributed by atoms with Crippen molar-refractivity contribution in [1.29, 1.82) is 0 Å². The molecule has 0 radical (unpaired) electrons. The zero-order valence-corrected chi connectivity index (χ0v) is 15.4. The van der Waals surface area contributed by atoms with Crippen LogP contribution in [0.5, 0.6) is 11.5 Å². The summed E-state index contributed by atoms with van der Waals surface area (Å²) in [6.45, 7) is 1.38. The highest BCUT2D eigenvalue weighted by Gasteiger charge is 2.06. The molecule has 2 N–H and O–H groups in total. The average Bonchev–Trinajstić information content (AvgIpc) is 2.73. The number of ether oxygens (including phenoxy) is 1. The van der Waals surface area contributed by atoms with Crippen molar-refractivity contribution in [3.63, 3.8) is 0 Å². The zero-order chi connectivity index (χ0) is 18.7. The molecule has 5 heteroatoms. The van der Waals surface area contributed by atoms with Crippen LogP contribution >= 0.6 is 0 Å². The second kappa shape index (κ2) is 9.97. The molecule has 3 aromatic rings. The van der Waals surface area contributed by atoms with Gasteiger partial charge in [-0.15, -0.1) is 0 Å². The van der Waals surface area contributed by atoms with E-state index in [1.807, 2.05) is 79.0 Å². The van der Waals surface area contributed by atoms with Gasteiger partial charge in [-0.25, -0.2) is 0 Å². The van der Waals surface area contributed by atoms with E-state index in [0.717, 1.165) is 41.7 Å². The standard InChI is InChI=1S/C22H24N4O/c1-23-22(25-16-14-19-10-7-8-15-24-19)26-17-18-9-5-6-13-21(18)27-20-11-3-2-4-12-20/h2-13,15H,14,16-17H2,1H3,(H2,23,25,26). The minimum Gasteiger partial charge on any atom is -0.457 e. The highest BCUT2D eigenvalue weighted by molar-refractivity contribution is 5.79. The number of pyridine rings is 1. The maximum atomic E-state index is 6.01. The van der Waals surface area contributed by atoms with Crippen LogP contribution in [-0.2, 0) is 13.0 Å². The topological polar surface area (TPSA) is 58.5 Å². The van der Waals surface area contributed by atoms with Crippen molar-refractivity contribution < 1.29 is 4.74 Å². The van der Waals surface area contributed by atoms with Crippen LogP contribution in [0, 0.1) is 0 Å². The van der Waals surface area contributed by atoms with E-state index in [9.17, 15) is 0 Å². The lowest BCUT2D eigenvalue weighted by molar-refractivity contribution is 0.475. The molecular formula is C22H24N4O. The Morgan fingerprint density at radius 2 is 1.70 bits per heavy atom. The lowest BCUT2D eigenvalue weighted by atomic mass is 10.2. The molecule has 1 heterocycles. The van der Waals surface area contributed by atoms with Gasteiger partial charge in [-0.3, -0.25) is 9.98 Å². The third kappa shape index (κ3) is 5.85. The van der Waals surface area contributed by atoms with Crippen LogP contribution in [-0.4, -0.2) is 24.5 Å². The van der Waals surface area contributed by atoms with E-state index in [2.05, 4.69) is 20.6 Å². The molecule has 0 saturated heterocycles. The predicted molar refractivity (Wildman–Crippen MR) is 109 cm³/mol. The summed E-state index contributed by atoms with van der Waals surface area (Å²) in [6.07, 6.45) is 2.65. The summed E-state index contributed by atoms with van der Waals surface area (Å²) >= 11 is 0. The summed E-state index contributed by atoms with van der Waals surface area (Å²) in [5.41, 5.74) is 2.12. The molecule has 27 heavy (non-hydrogen) atoms. The fourth-order valence-corrected chi connectivity index (χ4v) is 2.62. The molecule has 0 aliphatic heterocycles. The van der Waals surface area contributed by atoms with Gasteiger partial charge < -0.3 is 15.4 Å². The monoisotopic (exact) mass is 360 g/mol. The molecule has 0 spiro atoms. The van der Waals surface area contributed by atoms with E-state index in [0.29, 0.717) is 6.54 Å². The number of benzene rings is 2. The highest BCUT2D eigenvalue weighted by atomic mass is 16.5. The lowest BCUT2D eigenvalue weighted by Gasteiger charge is -2.14. The molecule has 0 aliphatic carbocycles. The Hall–Kier alpha value is -3.34. The summed E-state index contributed by atoms with van der Waals surface area (Å²) in [5, 5.41) is 6.65. The molecule has 0 amide bonds. The number of para-hydroxylation sites is 2. The van der Waals surface area contributed by atoms with Crippen molar-refractivity contribution in [3.05, 3.63) is 90.3 Å². The van der Waals surface area contributed by atoms with Crippen LogP contribution in [0.2, 0.25) is 0 Å². The number of rotatable bonds is 7. The molecule has 0 atom stereocenters. The van der Waals surface area contributed by atoms with Crippen LogP contribution in [0.15, 0.2) is 84.0 Å². The van der Waals surface area contributed by atoms with Crippen molar-refractivity contribution in [3.8, 4) is 11.5 Å². The van der Waals surface area contributed by atoms with Crippen LogP contribution in [0.25, 0.3) is 0 Å². The molecule has 0 fully saturated rings. The Kier molecular flexibility index (Phi) is 6.81. The largest absolute Gasteiger partial charge is 0.457 e. The van der Waals surface area contributed by atoms with E-state index in [-0.39, 0.29) is 0 Å². The third-order valence-electron chi connectivity index (χ3n) is 4.01. The molecule has 138 valence electrons. The van der Waals surface area contributed by atoms with Gasteiger partial charge in [0.2, 0.25) is 0 Å². The number of hydrogen-bond acceptors (Lipinski definition) is 3. The molecule has 0 aliphatic rings. The van der Waals surface area contributed by atoms with Crippen molar-refractivity contribution in [2.24, 2.45) is 4.99 Å². The van der Waals surface area contributed by atoms with Gasteiger partial charge in [-0.1, -0.05) is 42.5 Å². The number of aromatic nitrogens is 1. The molecule has 1 aromatic heterocycles. The fourth-order valence-electron chi connectivity index (χ4n) is 2.62. The molecule has 5 nitrogen and oxygen atoms in total. The summed E-state index contributed by atoms with van der Waals surface area (Å²) in [6, 6.07) is 23.7. The van der Waals surface area contributed by atoms with E-state index >= 15 is 0 Å². The van der Waals surface area contributed by atoms with Gasteiger partial charge in [-0.05, 0) is 30.3 Å². The van der Waals surface area contributed by atoms with E-state index in [4.69, 9.17) is 4.74 Å². The first-order chi connectivity index (χ1) is 13.3. The number of nitrogens with zero attached hydrogens (tertiary/aromatic N) is 2. The van der Waals surface area contributed by atoms with Gasteiger partial charge in [0.1, 0.15) is 11.5 Å². The Morgan fingerprint density at radius 3 is 2.48 bits per heavy atom. The van der Waals surface area contributed by atoms with Crippen LogP contribution in [0.1, 0.15) is 11.3 Å². The predicted octanol–water partition coefficient (Wildman–Crippen LogP) is 3.78. The van der Waals surface area contributed by atoms with Gasteiger partial charge in [0.25, 0.3) is 0 Å². The summed E-state index contributed by atoms with van der Waals surface area (Å²) < 4.78 is 6.01. The van der Waals surface area contributed by atoms with E-state index in [1.165, 1.54) is 0 Å². The van der Waals surface area contributed by atoms with Gasteiger partial charge in [0, 0.05) is 44.0 Å². The quantitative estimate of drug-likeness (QED) is 0.497. The van der Waals surface area contributed by atoms with Crippen LogP contribution in [0.4, 0.5) is 0 Å². The lowest BCUT2D eigenvalue weighted by Crippen LogP contribution is -2.38. The van der Waals surface area contributed by atoms with Gasteiger partial charge >= 0.3 is 0 Å². The Morgan fingerprint density at radius 1 is 0.926 bits per heavy atom.